The third kappa shape index (κ3) is 5.61. The zero-order valence-electron chi connectivity index (χ0n) is 8.66. The van der Waals surface area contributed by atoms with Crippen molar-refractivity contribution in [3.05, 3.63) is 25.3 Å². The van der Waals surface area contributed by atoms with E-state index in [9.17, 15) is 0 Å². The Hall–Kier alpha value is -0.600. The van der Waals surface area contributed by atoms with Crippen molar-refractivity contribution in [2.75, 3.05) is 13.2 Å². The Bertz CT molecular complexity index is 131. The third-order valence-electron chi connectivity index (χ3n) is 1.87. The molecule has 0 amide bonds. The highest BCUT2D eigenvalue weighted by Crippen LogP contribution is 2.12. The molecule has 1 unspecified atom stereocenters. The lowest BCUT2D eigenvalue weighted by atomic mass is 10.1. The Kier molecular flexibility index (Phi) is 7.65. The highest BCUT2D eigenvalue weighted by Gasteiger charge is 2.15. The average Bonchev–Trinajstić information content (AvgIpc) is 2.17. The van der Waals surface area contributed by atoms with Gasteiger partial charge in [-0.15, -0.1) is 13.2 Å². The minimum absolute atomic E-state index is 0.138. The van der Waals surface area contributed by atoms with Crippen LogP contribution in [0.1, 0.15) is 20.3 Å². The summed E-state index contributed by atoms with van der Waals surface area (Å²) in [5, 5.41) is 0. The van der Waals surface area contributed by atoms with Crippen molar-refractivity contribution in [3.63, 3.8) is 0 Å². The number of ether oxygens (including phenoxy) is 2. The second kappa shape index (κ2) is 8.02. The Balaban J connectivity index is 3.85. The van der Waals surface area contributed by atoms with Crippen molar-refractivity contribution in [1.82, 2.24) is 0 Å². The van der Waals surface area contributed by atoms with Gasteiger partial charge in [0.25, 0.3) is 0 Å². The summed E-state index contributed by atoms with van der Waals surface area (Å²) in [6.07, 6.45) is 4.36. The molecule has 2 heteroatoms. The van der Waals surface area contributed by atoms with Crippen molar-refractivity contribution < 1.29 is 9.47 Å². The van der Waals surface area contributed by atoms with E-state index in [0.717, 1.165) is 6.42 Å². The van der Waals surface area contributed by atoms with Crippen molar-refractivity contribution in [1.29, 1.82) is 0 Å². The predicted molar refractivity (Wildman–Crippen MR) is 55.5 cm³/mol. The molecule has 0 aliphatic rings. The highest BCUT2D eigenvalue weighted by molar-refractivity contribution is 4.68. The second-order valence-corrected chi connectivity index (χ2v) is 3.00. The van der Waals surface area contributed by atoms with E-state index in [0.29, 0.717) is 19.1 Å². The van der Waals surface area contributed by atoms with Crippen LogP contribution in [0.4, 0.5) is 0 Å². The third-order valence-corrected chi connectivity index (χ3v) is 1.87. The molecule has 13 heavy (non-hydrogen) atoms. The first-order valence-electron chi connectivity index (χ1n) is 4.71. The molecular formula is C11H20O2. The van der Waals surface area contributed by atoms with Gasteiger partial charge in [0.2, 0.25) is 0 Å². The molecule has 0 heterocycles. The fourth-order valence-corrected chi connectivity index (χ4v) is 0.895. The topological polar surface area (TPSA) is 18.5 Å². The van der Waals surface area contributed by atoms with Gasteiger partial charge in [-0.05, 0) is 6.42 Å². The minimum Gasteiger partial charge on any atom is -0.348 e. The molecule has 2 nitrogen and oxygen atoms in total. The van der Waals surface area contributed by atoms with Crippen molar-refractivity contribution in [2.45, 2.75) is 26.6 Å². The summed E-state index contributed by atoms with van der Waals surface area (Å²) < 4.78 is 10.9. The molecule has 0 fully saturated rings. The number of hydrogen-bond donors (Lipinski definition) is 0. The molecule has 0 rings (SSSR count). The van der Waals surface area contributed by atoms with Crippen LogP contribution < -0.4 is 0 Å². The molecule has 0 aromatic rings. The molecule has 0 aliphatic carbocycles. The van der Waals surface area contributed by atoms with Gasteiger partial charge in [0.15, 0.2) is 6.29 Å². The molecule has 0 bridgehead atoms. The molecule has 0 N–H and O–H groups in total. The normalized spacial score (nSPS) is 12.8. The maximum atomic E-state index is 5.46. The van der Waals surface area contributed by atoms with Crippen molar-refractivity contribution in [2.24, 2.45) is 5.92 Å². The molecule has 1 atom stereocenters. The van der Waals surface area contributed by atoms with Crippen LogP contribution in [0.15, 0.2) is 25.3 Å². The smallest absolute Gasteiger partial charge is 0.160 e. The van der Waals surface area contributed by atoms with Crippen LogP contribution in [-0.2, 0) is 9.47 Å². The van der Waals surface area contributed by atoms with E-state index in [1.807, 2.05) is 0 Å². The van der Waals surface area contributed by atoms with E-state index in [-0.39, 0.29) is 6.29 Å². The Labute approximate surface area is 81.2 Å². The van der Waals surface area contributed by atoms with Crippen LogP contribution in [0.2, 0.25) is 0 Å². The van der Waals surface area contributed by atoms with E-state index >= 15 is 0 Å². The molecule has 0 aliphatic heterocycles. The quantitative estimate of drug-likeness (QED) is 0.426. The monoisotopic (exact) mass is 184 g/mol. The fourth-order valence-electron chi connectivity index (χ4n) is 0.895. The summed E-state index contributed by atoms with van der Waals surface area (Å²) in [7, 11) is 0. The van der Waals surface area contributed by atoms with E-state index in [1.54, 1.807) is 12.2 Å². The average molecular weight is 184 g/mol. The molecule has 0 saturated heterocycles. The van der Waals surface area contributed by atoms with E-state index in [1.165, 1.54) is 0 Å². The molecule has 0 aromatic heterocycles. The van der Waals surface area contributed by atoms with Gasteiger partial charge in [0.1, 0.15) is 0 Å². The maximum absolute atomic E-state index is 5.46. The van der Waals surface area contributed by atoms with Crippen LogP contribution in [0.3, 0.4) is 0 Å². The molecule has 0 spiro atoms. The molecular weight excluding hydrogens is 164 g/mol. The van der Waals surface area contributed by atoms with Crippen LogP contribution in [0.25, 0.3) is 0 Å². The van der Waals surface area contributed by atoms with Crippen LogP contribution in [-0.4, -0.2) is 19.5 Å². The van der Waals surface area contributed by atoms with Gasteiger partial charge >= 0.3 is 0 Å². The van der Waals surface area contributed by atoms with Gasteiger partial charge in [0.05, 0.1) is 13.2 Å². The Morgan fingerprint density at radius 3 is 1.92 bits per heavy atom. The predicted octanol–water partition coefficient (Wildman–Crippen LogP) is 2.76. The number of hydrogen-bond acceptors (Lipinski definition) is 2. The summed E-state index contributed by atoms with van der Waals surface area (Å²) >= 11 is 0. The fraction of sp³-hybridized carbons (Fsp3) is 0.636. The summed E-state index contributed by atoms with van der Waals surface area (Å²) in [6, 6.07) is 0. The van der Waals surface area contributed by atoms with Gasteiger partial charge in [-0.1, -0.05) is 26.0 Å². The van der Waals surface area contributed by atoms with Gasteiger partial charge in [-0.3, -0.25) is 0 Å². The first-order chi connectivity index (χ1) is 6.26. The lowest BCUT2D eigenvalue weighted by molar-refractivity contribution is -0.155. The van der Waals surface area contributed by atoms with Crippen molar-refractivity contribution >= 4 is 0 Å². The molecule has 0 radical (unpaired) electrons. The second-order valence-electron chi connectivity index (χ2n) is 3.00. The number of rotatable bonds is 8. The summed E-state index contributed by atoms with van der Waals surface area (Å²) in [5.74, 6) is 0.403. The SMILES string of the molecule is C=CCOC(OCC=C)C(C)CC. The Morgan fingerprint density at radius 1 is 1.15 bits per heavy atom. The lowest BCUT2D eigenvalue weighted by Gasteiger charge is -2.22. The van der Waals surface area contributed by atoms with Crippen LogP contribution >= 0.6 is 0 Å². The lowest BCUT2D eigenvalue weighted by Crippen LogP contribution is -2.25. The first kappa shape index (κ1) is 12.4. The van der Waals surface area contributed by atoms with Gasteiger partial charge in [-0.2, -0.15) is 0 Å². The highest BCUT2D eigenvalue weighted by atomic mass is 16.7. The van der Waals surface area contributed by atoms with Gasteiger partial charge in [0, 0.05) is 5.92 Å². The summed E-state index contributed by atoms with van der Waals surface area (Å²) in [5.41, 5.74) is 0. The minimum atomic E-state index is -0.138. The summed E-state index contributed by atoms with van der Waals surface area (Å²) in [6.45, 7) is 12.5. The van der Waals surface area contributed by atoms with E-state index < -0.39 is 0 Å². The van der Waals surface area contributed by atoms with E-state index in [2.05, 4.69) is 27.0 Å². The molecule has 76 valence electrons. The molecule has 0 saturated carbocycles. The largest absolute Gasteiger partial charge is 0.348 e. The van der Waals surface area contributed by atoms with Gasteiger partial charge < -0.3 is 9.47 Å². The van der Waals surface area contributed by atoms with Crippen molar-refractivity contribution in [3.8, 4) is 0 Å². The Morgan fingerprint density at radius 2 is 1.62 bits per heavy atom. The van der Waals surface area contributed by atoms with Crippen LogP contribution in [0.5, 0.6) is 0 Å². The molecule has 0 aromatic carbocycles. The summed E-state index contributed by atoms with van der Waals surface area (Å²) in [4.78, 5) is 0. The zero-order chi connectivity index (χ0) is 10.1. The standard InChI is InChI=1S/C11H20O2/c1-5-8-12-11(10(4)7-3)13-9-6-2/h5-6,10-11H,1-2,7-9H2,3-4H3. The first-order valence-corrected chi connectivity index (χ1v) is 4.71. The van der Waals surface area contributed by atoms with Gasteiger partial charge in [-0.25, -0.2) is 0 Å². The maximum Gasteiger partial charge on any atom is 0.160 e. The zero-order valence-corrected chi connectivity index (χ0v) is 8.66. The van der Waals surface area contributed by atoms with Crippen LogP contribution in [0, 0.1) is 5.92 Å². The van der Waals surface area contributed by atoms with E-state index in [4.69, 9.17) is 9.47 Å².